The molecule has 24 N–H and O–H groups in total. The summed E-state index contributed by atoms with van der Waals surface area (Å²) in [5, 5.41) is 49.2. The maximum atomic E-state index is 14.2. The maximum absolute atomic E-state index is 14.2. The van der Waals surface area contributed by atoms with Crippen molar-refractivity contribution in [3.05, 3.63) is 83.6 Å². The summed E-state index contributed by atoms with van der Waals surface area (Å²) in [5.74, 6) is -13.7. The van der Waals surface area contributed by atoms with E-state index in [0.29, 0.717) is 11.1 Å². The summed E-state index contributed by atoms with van der Waals surface area (Å²) in [4.78, 5) is 194. The van der Waals surface area contributed by atoms with Crippen molar-refractivity contribution in [1.29, 1.82) is 0 Å². The molecular formula is C60H89N19O16. The number of nitrogens with zero attached hydrogens (tertiary/aromatic N) is 2. The molecule has 95 heavy (non-hydrogen) atoms. The largest absolute Gasteiger partial charge is 0.481 e. The molecule has 8 atom stereocenters. The van der Waals surface area contributed by atoms with Gasteiger partial charge in [0.1, 0.15) is 48.0 Å². The van der Waals surface area contributed by atoms with Crippen LogP contribution in [0.3, 0.4) is 0 Å². The molecule has 0 aliphatic carbocycles. The SMILES string of the molecule is C.NC(N)=NCCC[C@@H]1NC(=O)CNC(=O)[C@@H](CC(=O)O)NC(=O)[C@@H](Cc2ccccc2)NC(=O)/C(=C\CCCNC(=O)[C@@H](N)CCC(=O)NCCCC[C@H]2NC(=O)[C@H](CCCN=C(N)N)NC(=O)CNC(=O)[C@@H](CC(=O)O)NC(=O)[C@@H](Cc3ccccc3)NC2=O)NC1=O. The first-order chi connectivity index (χ1) is 44.8. The predicted molar refractivity (Wildman–Crippen MR) is 343 cm³/mol. The van der Waals surface area contributed by atoms with Crippen LogP contribution >= 0.6 is 0 Å². The molecule has 0 radical (unpaired) electrons. The first kappa shape index (κ1) is 78.5. The van der Waals surface area contributed by atoms with E-state index >= 15 is 0 Å². The van der Waals surface area contributed by atoms with Crippen LogP contribution in [0.25, 0.3) is 0 Å². The normalized spacial score (nSPS) is 21.0. The highest BCUT2D eigenvalue weighted by Crippen LogP contribution is 2.12. The minimum Gasteiger partial charge on any atom is -0.481 e. The molecular weight excluding hydrogens is 1240 g/mol. The second-order valence-electron chi connectivity index (χ2n) is 22.0. The number of guanidine groups is 2. The molecule has 0 bridgehead atoms. The Labute approximate surface area is 547 Å². The van der Waals surface area contributed by atoms with E-state index in [1.165, 1.54) is 6.08 Å². The number of nitrogens with two attached hydrogens (primary N) is 5. The van der Waals surface area contributed by atoms with Crippen LogP contribution in [0.1, 0.15) is 102 Å². The molecule has 520 valence electrons. The summed E-state index contributed by atoms with van der Waals surface area (Å²) in [5.41, 5.74) is 28.7. The van der Waals surface area contributed by atoms with E-state index < -0.39 is 157 Å². The highest BCUT2D eigenvalue weighted by Gasteiger charge is 2.35. The summed E-state index contributed by atoms with van der Waals surface area (Å²) in [6.07, 6.45) is -0.296. The molecule has 2 fully saturated rings. The number of carboxylic acids is 2. The van der Waals surface area contributed by atoms with Gasteiger partial charge < -0.3 is 103 Å². The molecule has 35 heteroatoms. The molecule has 0 spiro atoms. The standard InChI is InChI=1S/C59H85N19O16.CH4/c60-35(49(86)66-24-10-8-18-39-55(92)76-41(28-34-15-5-2-6-16-34)57(94)78-43(30-48(84)85)51(88)70-32-46(81)72-37(53(90)74-39)20-12-26-68-59(63)64)21-22-44(79)65-23-9-7-17-38-54(91)75-40(27-33-13-3-1-4-14-33)56(93)77-42(29-47(82)83)50(87)69-31-45(80)71-36(52(89)73-38)19-11-25-67-58(61)62;/h1-6,13-16,18,35-38,40-43H,7-12,17,19-32,60H2,(H,65,79)(H,66,86)(H,69,87)(H,70,88)(H,71,80)(H,72,81)(H,73,89)(H,74,90)(H,75,91)(H,76,92)(H,77,93)(H,78,94)(H,82,83)(H,84,85)(H4,61,62,67)(H4,63,64,68);1H4/b39-18+;/t35-,36-,37-,38+,40+,41+,42+,43+;/m0./s1. The minimum atomic E-state index is -1.69. The zero-order chi connectivity index (χ0) is 69.1. The van der Waals surface area contributed by atoms with Gasteiger partial charge in [-0.3, -0.25) is 77.1 Å². The van der Waals surface area contributed by atoms with Crippen molar-refractivity contribution in [2.75, 3.05) is 39.3 Å². The third kappa shape index (κ3) is 30.5. The van der Waals surface area contributed by atoms with E-state index in [1.807, 2.05) is 0 Å². The lowest BCUT2D eigenvalue weighted by atomic mass is 10.0. The van der Waals surface area contributed by atoms with Gasteiger partial charge in [-0.1, -0.05) is 74.2 Å². The molecule has 2 aliphatic heterocycles. The van der Waals surface area contributed by atoms with E-state index in [4.69, 9.17) is 28.7 Å². The van der Waals surface area contributed by atoms with E-state index in [9.17, 15) is 77.3 Å². The van der Waals surface area contributed by atoms with Crippen LogP contribution in [-0.2, 0) is 80.0 Å². The van der Waals surface area contributed by atoms with Crippen LogP contribution in [0, 0.1) is 0 Å². The van der Waals surface area contributed by atoms with Crippen molar-refractivity contribution < 1.29 is 77.3 Å². The molecule has 2 heterocycles. The first-order valence-electron chi connectivity index (χ1n) is 30.4. The molecule has 2 aliphatic rings. The van der Waals surface area contributed by atoms with Crippen molar-refractivity contribution in [1.82, 2.24) is 63.8 Å². The number of hydrogen-bond donors (Lipinski definition) is 19. The first-order valence-corrected chi connectivity index (χ1v) is 30.4. The van der Waals surface area contributed by atoms with Gasteiger partial charge >= 0.3 is 11.9 Å². The average Bonchev–Trinajstić information content (AvgIpc) is 1.89. The van der Waals surface area contributed by atoms with Gasteiger partial charge in [0, 0.05) is 45.4 Å². The Morgan fingerprint density at radius 3 is 1.42 bits per heavy atom. The molecule has 35 nitrogen and oxygen atoms in total. The summed E-state index contributed by atoms with van der Waals surface area (Å²) >= 11 is 0. The van der Waals surface area contributed by atoms with Crippen LogP contribution in [0.4, 0.5) is 0 Å². The number of benzene rings is 2. The topological polar surface area (TPSA) is 579 Å². The van der Waals surface area contributed by atoms with Crippen molar-refractivity contribution in [2.24, 2.45) is 38.7 Å². The Morgan fingerprint density at radius 1 is 0.516 bits per heavy atom. The molecule has 2 saturated heterocycles. The fourth-order valence-corrected chi connectivity index (χ4v) is 9.42. The zero-order valence-corrected chi connectivity index (χ0v) is 51.7. The monoisotopic (exact) mass is 1330 g/mol. The number of aliphatic carboxylic acids is 2. The highest BCUT2D eigenvalue weighted by atomic mass is 16.4. The van der Waals surface area contributed by atoms with Gasteiger partial charge in [0.2, 0.25) is 65.0 Å². The van der Waals surface area contributed by atoms with Crippen molar-refractivity contribution in [3.8, 4) is 0 Å². The summed E-state index contributed by atoms with van der Waals surface area (Å²) < 4.78 is 0. The Balaban J connectivity index is 0.0000235. The number of unbranched alkanes of at least 4 members (excludes halogenated alkanes) is 2. The van der Waals surface area contributed by atoms with Gasteiger partial charge in [-0.2, -0.15) is 0 Å². The lowest BCUT2D eigenvalue weighted by molar-refractivity contribution is -0.141. The molecule has 0 unspecified atom stereocenters. The average molecular weight is 1330 g/mol. The second kappa shape index (κ2) is 41.7. The third-order valence-corrected chi connectivity index (χ3v) is 14.3. The highest BCUT2D eigenvalue weighted by molar-refractivity contribution is 6.03. The Hall–Kier alpha value is -10.7. The van der Waals surface area contributed by atoms with E-state index in [0.717, 1.165) is 0 Å². The zero-order valence-electron chi connectivity index (χ0n) is 51.7. The fourth-order valence-electron chi connectivity index (χ4n) is 9.42. The Morgan fingerprint density at radius 2 is 0.937 bits per heavy atom. The van der Waals surface area contributed by atoms with Gasteiger partial charge in [-0.25, -0.2) is 0 Å². The number of carbonyl (C=O) groups excluding carboxylic acids is 12. The summed E-state index contributed by atoms with van der Waals surface area (Å²) in [6.45, 7) is -1.30. The van der Waals surface area contributed by atoms with Crippen LogP contribution in [0.15, 0.2) is 82.4 Å². The quantitative estimate of drug-likeness (QED) is 0.0156. The van der Waals surface area contributed by atoms with Crippen molar-refractivity contribution in [2.45, 2.75) is 152 Å². The molecule has 2 aromatic carbocycles. The van der Waals surface area contributed by atoms with E-state index in [-0.39, 0.29) is 135 Å². The maximum Gasteiger partial charge on any atom is 0.305 e. The van der Waals surface area contributed by atoms with Gasteiger partial charge in [0.15, 0.2) is 11.9 Å². The van der Waals surface area contributed by atoms with Gasteiger partial charge in [-0.15, -0.1) is 0 Å². The van der Waals surface area contributed by atoms with Gasteiger partial charge in [-0.05, 0) is 75.3 Å². The Bertz CT molecular complexity index is 3090. The lowest BCUT2D eigenvalue weighted by Gasteiger charge is -2.26. The van der Waals surface area contributed by atoms with Crippen molar-refractivity contribution in [3.63, 3.8) is 0 Å². The number of hydrogen-bond acceptors (Lipinski definition) is 17. The molecule has 0 saturated carbocycles. The molecule has 2 aromatic rings. The molecule has 12 amide bonds. The molecule has 4 rings (SSSR count). The number of rotatable bonds is 29. The third-order valence-electron chi connectivity index (χ3n) is 14.3. The van der Waals surface area contributed by atoms with Gasteiger partial charge in [0.25, 0.3) is 5.91 Å². The van der Waals surface area contributed by atoms with E-state index in [1.54, 1.807) is 60.7 Å². The number of amides is 12. The van der Waals surface area contributed by atoms with Crippen LogP contribution in [0.2, 0.25) is 0 Å². The van der Waals surface area contributed by atoms with Gasteiger partial charge in [0.05, 0.1) is 32.0 Å². The number of carbonyl (C=O) groups is 14. The predicted octanol–water partition coefficient (Wildman–Crippen LogP) is -5.89. The minimum absolute atomic E-state index is 0. The van der Waals surface area contributed by atoms with Crippen molar-refractivity contribution >= 4 is 94.7 Å². The fraction of sp³-hybridized carbons (Fsp3) is 0.500. The number of nitrogens with one attached hydrogen (secondary N) is 12. The van der Waals surface area contributed by atoms with Crippen LogP contribution in [-0.4, -0.2) is 193 Å². The Kier molecular flexibility index (Phi) is 34.4. The summed E-state index contributed by atoms with van der Waals surface area (Å²) in [7, 11) is 0. The number of aliphatic imine (C=N–C) groups is 2. The summed E-state index contributed by atoms with van der Waals surface area (Å²) in [6, 6.07) is 5.46. The lowest BCUT2D eigenvalue weighted by Crippen LogP contribution is -2.58. The smallest absolute Gasteiger partial charge is 0.305 e. The van der Waals surface area contributed by atoms with E-state index in [2.05, 4.69) is 73.8 Å². The van der Waals surface area contributed by atoms with Crippen LogP contribution in [0.5, 0.6) is 0 Å². The van der Waals surface area contributed by atoms with Crippen LogP contribution < -0.4 is 92.5 Å². The number of carboxylic acid groups (broad SMARTS) is 2. The number of allylic oxidation sites excluding steroid dienone is 1. The second-order valence-corrected chi connectivity index (χ2v) is 22.0. The molecule has 0 aromatic heterocycles.